The molecule has 1 aromatic rings. The average molecular weight is 141 g/mol. The van der Waals surface area contributed by atoms with Crippen LogP contribution in [0.1, 0.15) is 11.6 Å². The number of aliphatic hydroxyl groups is 1. The molecule has 0 saturated carbocycles. The summed E-state index contributed by atoms with van der Waals surface area (Å²) in [6, 6.07) is -0.369. The molecule has 1 unspecified atom stereocenters. The number of nitrogens with two attached hydrogens (primary N) is 2. The number of H-pyrrole nitrogens is 1. The van der Waals surface area contributed by atoms with Crippen LogP contribution in [0.3, 0.4) is 0 Å². The first-order valence-electron chi connectivity index (χ1n) is 3.04. The summed E-state index contributed by atoms with van der Waals surface area (Å²) >= 11 is 0. The van der Waals surface area contributed by atoms with Crippen LogP contribution in [0, 0.1) is 0 Å². The molecule has 4 heteroatoms. The Morgan fingerprint density at radius 2 is 2.30 bits per heavy atom. The maximum atomic E-state index is 8.64. The summed E-state index contributed by atoms with van der Waals surface area (Å²) in [6.07, 6.45) is 3.33. The molecule has 0 aliphatic rings. The van der Waals surface area contributed by atoms with Crippen molar-refractivity contribution in [3.63, 3.8) is 0 Å². The number of nitrogen functional groups attached to an aromatic ring is 1. The van der Waals surface area contributed by atoms with Crippen molar-refractivity contribution in [1.82, 2.24) is 4.98 Å². The van der Waals surface area contributed by atoms with Crippen molar-refractivity contribution in [2.45, 2.75) is 6.04 Å². The molecule has 0 spiro atoms. The van der Waals surface area contributed by atoms with Crippen molar-refractivity contribution in [3.8, 4) is 0 Å². The van der Waals surface area contributed by atoms with Crippen LogP contribution in [0.2, 0.25) is 0 Å². The lowest BCUT2D eigenvalue weighted by Crippen LogP contribution is -2.14. The molecule has 4 nitrogen and oxygen atoms in total. The fourth-order valence-electron chi connectivity index (χ4n) is 0.807. The molecule has 1 heterocycles. The lowest BCUT2D eigenvalue weighted by atomic mass is 10.1. The highest BCUT2D eigenvalue weighted by atomic mass is 16.3. The van der Waals surface area contributed by atoms with Crippen LogP contribution in [0.15, 0.2) is 12.4 Å². The number of aliphatic hydroxyl groups excluding tert-OH is 1. The molecule has 0 radical (unpaired) electrons. The Hall–Kier alpha value is -1.00. The number of hydrogen-bond donors (Lipinski definition) is 4. The largest absolute Gasteiger partial charge is 0.397 e. The van der Waals surface area contributed by atoms with Crippen LogP contribution in [-0.4, -0.2) is 16.7 Å². The molecule has 0 amide bonds. The van der Waals surface area contributed by atoms with Crippen molar-refractivity contribution >= 4 is 5.69 Å². The summed E-state index contributed by atoms with van der Waals surface area (Å²) in [4.78, 5) is 2.80. The van der Waals surface area contributed by atoms with Gasteiger partial charge in [-0.05, 0) is 0 Å². The van der Waals surface area contributed by atoms with Gasteiger partial charge in [0.15, 0.2) is 0 Å². The van der Waals surface area contributed by atoms with E-state index in [0.717, 1.165) is 5.56 Å². The third-order valence-corrected chi connectivity index (χ3v) is 1.41. The van der Waals surface area contributed by atoms with E-state index in [0.29, 0.717) is 5.69 Å². The van der Waals surface area contributed by atoms with Gasteiger partial charge in [0.05, 0.1) is 18.3 Å². The number of anilines is 1. The van der Waals surface area contributed by atoms with Gasteiger partial charge in [-0.3, -0.25) is 0 Å². The maximum Gasteiger partial charge on any atom is 0.0625 e. The standard InChI is InChI=1S/C6H11N3O/c7-5-2-9-1-4(5)6(8)3-10/h1-2,6,9-10H,3,7-8H2. The van der Waals surface area contributed by atoms with Crippen LogP contribution in [-0.2, 0) is 0 Å². The minimum atomic E-state index is -0.369. The Bertz CT molecular complexity index is 209. The van der Waals surface area contributed by atoms with Gasteiger partial charge in [-0.15, -0.1) is 0 Å². The van der Waals surface area contributed by atoms with E-state index in [1.54, 1.807) is 12.4 Å². The van der Waals surface area contributed by atoms with E-state index in [4.69, 9.17) is 16.6 Å². The van der Waals surface area contributed by atoms with E-state index in [1.807, 2.05) is 0 Å². The highest BCUT2D eigenvalue weighted by molar-refractivity contribution is 5.46. The lowest BCUT2D eigenvalue weighted by molar-refractivity contribution is 0.268. The van der Waals surface area contributed by atoms with Gasteiger partial charge in [0.25, 0.3) is 0 Å². The average Bonchev–Trinajstić information content (AvgIpc) is 2.34. The summed E-state index contributed by atoms with van der Waals surface area (Å²) < 4.78 is 0. The first-order chi connectivity index (χ1) is 4.75. The summed E-state index contributed by atoms with van der Waals surface area (Å²) in [5, 5.41) is 8.64. The van der Waals surface area contributed by atoms with Crippen LogP contribution in [0.25, 0.3) is 0 Å². The second-order valence-corrected chi connectivity index (χ2v) is 2.16. The Kier molecular flexibility index (Phi) is 1.94. The van der Waals surface area contributed by atoms with Gasteiger partial charge in [-0.1, -0.05) is 0 Å². The zero-order chi connectivity index (χ0) is 7.56. The Labute approximate surface area is 58.8 Å². The van der Waals surface area contributed by atoms with E-state index in [2.05, 4.69) is 4.98 Å². The van der Waals surface area contributed by atoms with Gasteiger partial charge in [0, 0.05) is 18.0 Å². The summed E-state index contributed by atoms with van der Waals surface area (Å²) in [5.74, 6) is 0. The first-order valence-corrected chi connectivity index (χ1v) is 3.04. The molecule has 0 fully saturated rings. The Morgan fingerprint density at radius 3 is 2.70 bits per heavy atom. The van der Waals surface area contributed by atoms with Gasteiger partial charge in [0.1, 0.15) is 0 Å². The van der Waals surface area contributed by atoms with Gasteiger partial charge >= 0.3 is 0 Å². The fraction of sp³-hybridized carbons (Fsp3) is 0.333. The van der Waals surface area contributed by atoms with Crippen molar-refractivity contribution in [3.05, 3.63) is 18.0 Å². The van der Waals surface area contributed by atoms with Gasteiger partial charge in [0.2, 0.25) is 0 Å². The molecule has 0 saturated heterocycles. The third-order valence-electron chi connectivity index (χ3n) is 1.41. The van der Waals surface area contributed by atoms with Gasteiger partial charge in [-0.25, -0.2) is 0 Å². The van der Waals surface area contributed by atoms with E-state index < -0.39 is 0 Å². The molecule has 1 aromatic heterocycles. The smallest absolute Gasteiger partial charge is 0.0625 e. The lowest BCUT2D eigenvalue weighted by Gasteiger charge is -2.05. The highest BCUT2D eigenvalue weighted by Gasteiger charge is 2.07. The van der Waals surface area contributed by atoms with Crippen LogP contribution < -0.4 is 11.5 Å². The predicted octanol–water partition coefficient (Wildman–Crippen LogP) is -0.411. The van der Waals surface area contributed by atoms with Crippen LogP contribution in [0.5, 0.6) is 0 Å². The Morgan fingerprint density at radius 1 is 1.60 bits per heavy atom. The molecule has 0 bridgehead atoms. The molecule has 56 valence electrons. The molecule has 1 rings (SSSR count). The fourth-order valence-corrected chi connectivity index (χ4v) is 0.807. The number of aromatic amines is 1. The number of aromatic nitrogens is 1. The Balaban J connectivity index is 2.82. The van der Waals surface area contributed by atoms with Crippen molar-refractivity contribution in [2.75, 3.05) is 12.3 Å². The molecule has 0 aliphatic heterocycles. The minimum Gasteiger partial charge on any atom is -0.397 e. The number of nitrogens with one attached hydrogen (secondary N) is 1. The normalized spacial score (nSPS) is 13.4. The topological polar surface area (TPSA) is 88.1 Å². The predicted molar refractivity (Wildman–Crippen MR) is 39.2 cm³/mol. The van der Waals surface area contributed by atoms with Crippen LogP contribution in [0.4, 0.5) is 5.69 Å². The molecule has 0 aromatic carbocycles. The summed E-state index contributed by atoms with van der Waals surface area (Å²) in [6.45, 7) is -0.0813. The SMILES string of the molecule is Nc1c[nH]cc1C(N)CO. The van der Waals surface area contributed by atoms with Gasteiger partial charge in [-0.2, -0.15) is 0 Å². The molecular formula is C6H11N3O. The van der Waals surface area contributed by atoms with E-state index in [9.17, 15) is 0 Å². The second-order valence-electron chi connectivity index (χ2n) is 2.16. The number of rotatable bonds is 2. The molecule has 6 N–H and O–H groups in total. The van der Waals surface area contributed by atoms with E-state index in [-0.39, 0.29) is 12.6 Å². The van der Waals surface area contributed by atoms with E-state index in [1.165, 1.54) is 0 Å². The third kappa shape index (κ3) is 1.12. The van der Waals surface area contributed by atoms with Crippen molar-refractivity contribution < 1.29 is 5.11 Å². The highest BCUT2D eigenvalue weighted by Crippen LogP contribution is 2.16. The maximum absolute atomic E-state index is 8.64. The van der Waals surface area contributed by atoms with Crippen molar-refractivity contribution in [2.24, 2.45) is 5.73 Å². The van der Waals surface area contributed by atoms with Gasteiger partial charge < -0.3 is 21.6 Å². The quantitative estimate of drug-likeness (QED) is 0.451. The monoisotopic (exact) mass is 141 g/mol. The molecule has 0 aliphatic carbocycles. The summed E-state index contributed by atoms with van der Waals surface area (Å²) in [5.41, 5.74) is 12.3. The molecule has 10 heavy (non-hydrogen) atoms. The second kappa shape index (κ2) is 2.72. The van der Waals surface area contributed by atoms with E-state index >= 15 is 0 Å². The summed E-state index contributed by atoms with van der Waals surface area (Å²) in [7, 11) is 0. The number of hydrogen-bond acceptors (Lipinski definition) is 3. The molecular weight excluding hydrogens is 130 g/mol. The minimum absolute atomic E-state index is 0.0813. The zero-order valence-corrected chi connectivity index (χ0v) is 5.54. The van der Waals surface area contributed by atoms with Crippen LogP contribution >= 0.6 is 0 Å². The first kappa shape index (κ1) is 7.11. The van der Waals surface area contributed by atoms with Crippen molar-refractivity contribution in [1.29, 1.82) is 0 Å². The zero-order valence-electron chi connectivity index (χ0n) is 5.54. The molecule has 1 atom stereocenters.